The number of imidazole rings is 2. The van der Waals surface area contributed by atoms with E-state index in [0.29, 0.717) is 64.3 Å². The van der Waals surface area contributed by atoms with Crippen LogP contribution in [0.2, 0.25) is 0 Å². The number of aryl methyl sites for hydroxylation is 2. The fraction of sp³-hybridized carbons (Fsp3) is 0.342. The predicted molar refractivity (Wildman–Crippen MR) is 206 cm³/mol. The van der Waals surface area contributed by atoms with E-state index in [1.165, 1.54) is 25.4 Å². The molecule has 5 aromatic heterocycles. The summed E-state index contributed by atoms with van der Waals surface area (Å²) in [6, 6.07) is 8.25. The van der Waals surface area contributed by atoms with Crippen LogP contribution < -0.4 is 26.8 Å². The van der Waals surface area contributed by atoms with Gasteiger partial charge in [0.1, 0.15) is 28.2 Å². The number of hydrogen-bond donors (Lipinski definition) is 4. The monoisotopic (exact) mass is 759 g/mol. The molecule has 0 radical (unpaired) electrons. The van der Waals surface area contributed by atoms with Crippen molar-refractivity contribution in [2.75, 3.05) is 17.7 Å². The average Bonchev–Trinajstić information content (AvgIpc) is 4.07. The van der Waals surface area contributed by atoms with Crippen molar-refractivity contribution in [3.8, 4) is 5.75 Å². The van der Waals surface area contributed by atoms with Crippen LogP contribution in [0.1, 0.15) is 104 Å². The van der Waals surface area contributed by atoms with Gasteiger partial charge in [0, 0.05) is 49.8 Å². The maximum Gasteiger partial charge on any atom is 0.276 e. The van der Waals surface area contributed by atoms with E-state index in [4.69, 9.17) is 21.2 Å². The Kier molecular flexibility index (Phi) is 9.31. The van der Waals surface area contributed by atoms with Gasteiger partial charge in [0.25, 0.3) is 11.8 Å². The number of allylic oxidation sites excluding steroid dienone is 2. The third-order valence-electron chi connectivity index (χ3n) is 10.0. The molecule has 1 aromatic carbocycles. The van der Waals surface area contributed by atoms with Crippen molar-refractivity contribution in [1.29, 1.82) is 0 Å². The van der Waals surface area contributed by atoms with Crippen molar-refractivity contribution in [1.82, 2.24) is 43.6 Å². The number of benzene rings is 1. The van der Waals surface area contributed by atoms with E-state index in [1.807, 2.05) is 38.1 Å². The first kappa shape index (κ1) is 36.1. The Morgan fingerprint density at radius 2 is 1.27 bits per heavy atom. The number of rotatable bonds is 15. The van der Waals surface area contributed by atoms with Crippen LogP contribution in [0.5, 0.6) is 5.75 Å². The SMILES string of the molecule is CCn1nc(C2CC2)cc1C(=O)Nc1nc2cc(C(N)=O)cnc2n1C/C=C/Cn1c(NC(=O)c2cc(C3CC3)nn2CC)nc2cc(C(N)=O)cc(OC)c21. The number of amides is 4. The zero-order valence-electron chi connectivity index (χ0n) is 31.2. The van der Waals surface area contributed by atoms with Crippen LogP contribution in [0.3, 0.4) is 0 Å². The molecular weight excluding hydrogens is 719 g/mol. The van der Waals surface area contributed by atoms with Crippen LogP contribution in [0, 0.1) is 0 Å². The smallest absolute Gasteiger partial charge is 0.276 e. The number of nitrogens with one attached hydrogen (secondary N) is 2. The van der Waals surface area contributed by atoms with Crippen molar-refractivity contribution >= 4 is 57.7 Å². The lowest BCUT2D eigenvalue weighted by Gasteiger charge is -2.11. The van der Waals surface area contributed by atoms with Gasteiger partial charge in [0.2, 0.25) is 23.7 Å². The molecule has 0 bridgehead atoms. The van der Waals surface area contributed by atoms with Gasteiger partial charge in [-0.05, 0) is 69.9 Å². The highest BCUT2D eigenvalue weighted by atomic mass is 16.5. The highest BCUT2D eigenvalue weighted by molar-refractivity contribution is 6.05. The predicted octanol–water partition coefficient (Wildman–Crippen LogP) is 3.94. The molecule has 18 nitrogen and oxygen atoms in total. The van der Waals surface area contributed by atoms with E-state index in [1.54, 1.807) is 24.6 Å². The van der Waals surface area contributed by atoms with Crippen LogP contribution in [0.4, 0.5) is 11.9 Å². The second-order valence-electron chi connectivity index (χ2n) is 13.9. The fourth-order valence-electron chi connectivity index (χ4n) is 6.78. The van der Waals surface area contributed by atoms with Crippen LogP contribution in [0.15, 0.2) is 48.7 Å². The summed E-state index contributed by atoms with van der Waals surface area (Å²) in [5.41, 5.74) is 15.8. The molecule has 4 amide bonds. The number of hydrogen-bond acceptors (Lipinski definition) is 10. The molecule has 0 spiro atoms. The van der Waals surface area contributed by atoms with E-state index in [9.17, 15) is 19.2 Å². The number of methoxy groups -OCH3 is 1. The molecule has 0 aliphatic heterocycles. The van der Waals surface area contributed by atoms with Crippen LogP contribution in [-0.4, -0.2) is 74.4 Å². The molecule has 2 saturated carbocycles. The Labute approximate surface area is 319 Å². The molecule has 0 unspecified atom stereocenters. The highest BCUT2D eigenvalue weighted by Crippen LogP contribution is 2.40. The maximum atomic E-state index is 13.8. The Hall–Kier alpha value is -6.85. The Morgan fingerprint density at radius 3 is 1.79 bits per heavy atom. The van der Waals surface area contributed by atoms with E-state index >= 15 is 0 Å². The number of carbonyl (C=O) groups excluding carboxylic acids is 4. The van der Waals surface area contributed by atoms with Gasteiger partial charge in [-0.3, -0.25) is 43.7 Å². The molecular formula is C38H41N13O5. The van der Waals surface area contributed by atoms with E-state index in [0.717, 1.165) is 37.1 Å². The van der Waals surface area contributed by atoms with Crippen molar-refractivity contribution < 1.29 is 23.9 Å². The molecule has 18 heteroatoms. The van der Waals surface area contributed by atoms with Gasteiger partial charge >= 0.3 is 0 Å². The molecule has 56 heavy (non-hydrogen) atoms. The fourth-order valence-corrected chi connectivity index (χ4v) is 6.78. The van der Waals surface area contributed by atoms with Crippen LogP contribution in [0.25, 0.3) is 22.2 Å². The minimum Gasteiger partial charge on any atom is -0.494 e. The number of primary amides is 2. The lowest BCUT2D eigenvalue weighted by Crippen LogP contribution is -2.20. The first-order chi connectivity index (χ1) is 27.1. The number of fused-ring (bicyclic) bond motifs is 2. The number of pyridine rings is 1. The van der Waals surface area contributed by atoms with Crippen molar-refractivity contribution in [2.24, 2.45) is 11.5 Å². The first-order valence-electron chi connectivity index (χ1n) is 18.5. The van der Waals surface area contributed by atoms with Crippen LogP contribution in [-0.2, 0) is 26.2 Å². The average molecular weight is 760 g/mol. The third kappa shape index (κ3) is 6.84. The highest BCUT2D eigenvalue weighted by Gasteiger charge is 2.30. The summed E-state index contributed by atoms with van der Waals surface area (Å²) in [6.45, 7) is 5.28. The molecule has 0 atom stereocenters. The molecule has 6 aromatic rings. The van der Waals surface area contributed by atoms with Crippen LogP contribution >= 0.6 is 0 Å². The number of aromatic nitrogens is 9. The van der Waals surface area contributed by atoms with Gasteiger partial charge in [-0.2, -0.15) is 10.2 Å². The number of nitrogens with two attached hydrogens (primary N) is 2. The minimum absolute atomic E-state index is 0.175. The van der Waals surface area contributed by atoms with E-state index < -0.39 is 11.8 Å². The first-order valence-corrected chi connectivity index (χ1v) is 18.5. The zero-order valence-corrected chi connectivity index (χ0v) is 31.2. The second kappa shape index (κ2) is 14.4. The molecule has 0 saturated heterocycles. The van der Waals surface area contributed by atoms with Gasteiger partial charge < -0.3 is 20.8 Å². The molecule has 2 fully saturated rings. The molecule has 2 aliphatic rings. The van der Waals surface area contributed by atoms with Gasteiger partial charge in [-0.15, -0.1) is 0 Å². The maximum absolute atomic E-state index is 13.8. The molecule has 288 valence electrons. The molecule has 5 heterocycles. The summed E-state index contributed by atoms with van der Waals surface area (Å²) in [4.78, 5) is 65.4. The molecule has 6 N–H and O–H groups in total. The van der Waals surface area contributed by atoms with Gasteiger partial charge in [0.15, 0.2) is 5.65 Å². The number of ether oxygens (including phenoxy) is 1. The van der Waals surface area contributed by atoms with Gasteiger partial charge in [-0.25, -0.2) is 15.0 Å². The summed E-state index contributed by atoms with van der Waals surface area (Å²) in [7, 11) is 1.47. The lowest BCUT2D eigenvalue weighted by atomic mass is 10.1. The standard InChI is InChI=1S/C38H41N13O5/c1-4-50-28(17-24(46-50)20-8-9-20)35(54)44-37-42-26-14-22(32(39)52)16-30(56-3)31(26)48(37)12-6-7-13-49-34-27(15-23(19-41-34)33(40)53)43-38(49)45-36(55)29-18-25(21-10-11-21)47-51(29)5-2/h6-7,14-21H,4-5,8-13H2,1-3H3,(H2,39,52)(H2,40,53)(H,42,44,54)(H,43,45,55)/b7-6+. The summed E-state index contributed by atoms with van der Waals surface area (Å²) in [6.07, 6.45) is 9.25. The van der Waals surface area contributed by atoms with Crippen molar-refractivity contribution in [3.63, 3.8) is 0 Å². The summed E-state index contributed by atoms with van der Waals surface area (Å²) in [5, 5.41) is 15.1. The number of anilines is 2. The second-order valence-corrected chi connectivity index (χ2v) is 13.9. The summed E-state index contributed by atoms with van der Waals surface area (Å²) >= 11 is 0. The van der Waals surface area contributed by atoms with Gasteiger partial charge in [-0.1, -0.05) is 12.2 Å². The quantitative estimate of drug-likeness (QED) is 0.110. The third-order valence-corrected chi connectivity index (χ3v) is 10.0. The lowest BCUT2D eigenvalue weighted by molar-refractivity contribution is 0.0991. The van der Waals surface area contributed by atoms with E-state index in [-0.39, 0.29) is 47.9 Å². The largest absolute Gasteiger partial charge is 0.494 e. The topological polar surface area (TPSA) is 238 Å². The van der Waals surface area contributed by atoms with E-state index in [2.05, 4.69) is 30.8 Å². The summed E-state index contributed by atoms with van der Waals surface area (Å²) in [5.74, 6) is -0.594. The normalized spacial score (nSPS) is 14.2. The number of nitrogens with zero attached hydrogens (tertiary/aromatic N) is 9. The zero-order chi connectivity index (χ0) is 39.2. The Bertz CT molecular complexity index is 2580. The molecule has 2 aliphatic carbocycles. The van der Waals surface area contributed by atoms with Crippen molar-refractivity contribution in [3.05, 3.63) is 82.6 Å². The van der Waals surface area contributed by atoms with Gasteiger partial charge in [0.05, 0.1) is 29.6 Å². The Morgan fingerprint density at radius 1 is 0.750 bits per heavy atom. The minimum atomic E-state index is -0.657. The number of carbonyl (C=O) groups is 4. The van der Waals surface area contributed by atoms with Crippen molar-refractivity contribution in [2.45, 2.75) is 77.5 Å². The molecule has 8 rings (SSSR count). The summed E-state index contributed by atoms with van der Waals surface area (Å²) < 4.78 is 12.5. The Balaban J connectivity index is 1.12.